The van der Waals surface area contributed by atoms with Gasteiger partial charge in [0, 0.05) is 6.42 Å². The number of aliphatic hydroxyl groups excluding tert-OH is 1. The summed E-state index contributed by atoms with van der Waals surface area (Å²) < 4.78 is 18.2. The summed E-state index contributed by atoms with van der Waals surface area (Å²) in [6, 6.07) is 11.4. The maximum atomic E-state index is 13.3. The number of rotatable bonds is 9. The molecule has 154 valence electrons. The Kier molecular flexibility index (Phi) is 8.11. The van der Waals surface area contributed by atoms with Gasteiger partial charge in [0.2, 0.25) is 5.91 Å². The molecule has 0 aromatic heterocycles. The minimum atomic E-state index is -1.41. The monoisotopic (exact) mass is 404 g/mol. The molecule has 0 saturated heterocycles. The van der Waals surface area contributed by atoms with E-state index in [0.29, 0.717) is 5.56 Å². The van der Waals surface area contributed by atoms with Crippen molar-refractivity contribution in [2.75, 3.05) is 6.61 Å². The van der Waals surface area contributed by atoms with Crippen LogP contribution in [-0.4, -0.2) is 46.9 Å². The predicted octanol–water partition coefficient (Wildman–Crippen LogP) is 1.22. The van der Waals surface area contributed by atoms with Crippen LogP contribution in [0.4, 0.5) is 9.18 Å². The lowest BCUT2D eigenvalue weighted by atomic mass is 10.1. The van der Waals surface area contributed by atoms with Crippen LogP contribution in [0.2, 0.25) is 0 Å². The van der Waals surface area contributed by atoms with E-state index in [1.807, 2.05) is 0 Å². The number of nitrogens with one attached hydrogen (secondary N) is 2. The normalized spacial score (nSPS) is 12.5. The van der Waals surface area contributed by atoms with Gasteiger partial charge in [-0.25, -0.2) is 14.0 Å². The van der Waals surface area contributed by atoms with Crippen molar-refractivity contribution in [1.29, 1.82) is 0 Å². The van der Waals surface area contributed by atoms with Gasteiger partial charge in [0.25, 0.3) is 0 Å². The first-order valence-electron chi connectivity index (χ1n) is 8.74. The van der Waals surface area contributed by atoms with Gasteiger partial charge in [-0.05, 0) is 23.3 Å². The summed E-state index contributed by atoms with van der Waals surface area (Å²) in [5.41, 5.74) is 1.10. The number of carboxylic acids is 1. The molecule has 0 aliphatic carbocycles. The third kappa shape index (κ3) is 7.23. The lowest BCUT2D eigenvalue weighted by Gasteiger charge is -2.20. The van der Waals surface area contributed by atoms with Crippen molar-refractivity contribution in [3.63, 3.8) is 0 Å². The third-order valence-electron chi connectivity index (χ3n) is 3.95. The van der Waals surface area contributed by atoms with Crippen LogP contribution >= 0.6 is 0 Å². The van der Waals surface area contributed by atoms with Gasteiger partial charge >= 0.3 is 12.1 Å². The first kappa shape index (κ1) is 21.8. The molecule has 0 unspecified atom stereocenters. The molecule has 2 amide bonds. The number of carbonyl (C=O) groups is 3. The van der Waals surface area contributed by atoms with E-state index in [9.17, 15) is 29.0 Å². The number of benzene rings is 2. The molecule has 0 aliphatic rings. The topological polar surface area (TPSA) is 125 Å². The molecule has 0 heterocycles. The number of aliphatic carboxylic acids is 1. The van der Waals surface area contributed by atoms with Crippen LogP contribution in [0.15, 0.2) is 54.6 Å². The zero-order valence-corrected chi connectivity index (χ0v) is 15.4. The molecule has 0 radical (unpaired) electrons. The Bertz CT molecular complexity index is 846. The Hall–Kier alpha value is -3.46. The highest BCUT2D eigenvalue weighted by Gasteiger charge is 2.26. The van der Waals surface area contributed by atoms with Gasteiger partial charge in [-0.1, -0.05) is 42.5 Å². The Balaban J connectivity index is 1.92. The fourth-order valence-corrected chi connectivity index (χ4v) is 2.47. The predicted molar refractivity (Wildman–Crippen MR) is 100 cm³/mol. The number of aliphatic hydroxyl groups is 1. The molecule has 8 nitrogen and oxygen atoms in total. The molecule has 2 aromatic carbocycles. The Morgan fingerprint density at radius 2 is 1.66 bits per heavy atom. The van der Waals surface area contributed by atoms with Gasteiger partial charge in [0.1, 0.15) is 24.5 Å². The molecule has 9 heteroatoms. The van der Waals surface area contributed by atoms with Crippen molar-refractivity contribution in [3.05, 3.63) is 71.5 Å². The van der Waals surface area contributed by atoms with E-state index in [4.69, 9.17) is 4.74 Å². The van der Waals surface area contributed by atoms with Gasteiger partial charge < -0.3 is 25.6 Å². The van der Waals surface area contributed by atoms with Crippen molar-refractivity contribution in [3.8, 4) is 0 Å². The molecule has 0 saturated carbocycles. The molecular formula is C20H21FN2O6. The zero-order chi connectivity index (χ0) is 21.2. The van der Waals surface area contributed by atoms with Gasteiger partial charge in [0.05, 0.1) is 6.61 Å². The van der Waals surface area contributed by atoms with E-state index in [2.05, 4.69) is 10.6 Å². The lowest BCUT2D eigenvalue weighted by molar-refractivity contribution is -0.142. The Morgan fingerprint density at radius 1 is 0.966 bits per heavy atom. The van der Waals surface area contributed by atoms with Crippen LogP contribution in [0.5, 0.6) is 0 Å². The largest absolute Gasteiger partial charge is 0.480 e. The highest BCUT2D eigenvalue weighted by atomic mass is 19.1. The summed E-state index contributed by atoms with van der Waals surface area (Å²) in [5.74, 6) is -2.78. The second kappa shape index (κ2) is 10.8. The van der Waals surface area contributed by atoms with E-state index in [0.717, 1.165) is 11.6 Å². The minimum absolute atomic E-state index is 0.0379. The highest BCUT2D eigenvalue weighted by molar-refractivity contribution is 5.89. The highest BCUT2D eigenvalue weighted by Crippen LogP contribution is 2.07. The van der Waals surface area contributed by atoms with Crippen molar-refractivity contribution in [2.45, 2.75) is 25.1 Å². The first-order chi connectivity index (χ1) is 13.9. The van der Waals surface area contributed by atoms with Crippen molar-refractivity contribution in [1.82, 2.24) is 10.6 Å². The maximum Gasteiger partial charge on any atom is 0.408 e. The van der Waals surface area contributed by atoms with Crippen LogP contribution < -0.4 is 10.6 Å². The number of alkyl carbamates (subject to hydrolysis) is 1. The Morgan fingerprint density at radius 3 is 2.28 bits per heavy atom. The smallest absolute Gasteiger partial charge is 0.408 e. The SMILES string of the molecule is O=C(N[C@@H](CO)C(=O)N[C@H](Cc1cccc(F)c1)C(=O)O)OCc1ccccc1. The molecule has 0 bridgehead atoms. The van der Waals surface area contributed by atoms with Crippen LogP contribution in [0.1, 0.15) is 11.1 Å². The first-order valence-corrected chi connectivity index (χ1v) is 8.74. The minimum Gasteiger partial charge on any atom is -0.480 e. The van der Waals surface area contributed by atoms with E-state index in [1.54, 1.807) is 30.3 Å². The maximum absolute atomic E-state index is 13.3. The van der Waals surface area contributed by atoms with Crippen LogP contribution in [0.25, 0.3) is 0 Å². The van der Waals surface area contributed by atoms with Crippen molar-refractivity contribution >= 4 is 18.0 Å². The quantitative estimate of drug-likeness (QED) is 0.498. The average Bonchev–Trinajstić information content (AvgIpc) is 2.70. The molecule has 0 fully saturated rings. The van der Waals surface area contributed by atoms with E-state index >= 15 is 0 Å². The van der Waals surface area contributed by atoms with Gasteiger partial charge in [-0.3, -0.25) is 4.79 Å². The standard InChI is InChI=1S/C20H21FN2O6/c21-15-8-4-7-14(9-15)10-16(19(26)27)22-18(25)17(11-24)23-20(28)29-12-13-5-2-1-3-6-13/h1-9,16-17,24H,10-12H2,(H,22,25)(H,23,28)(H,26,27)/t16-,17+/m1/s1. The molecule has 4 N–H and O–H groups in total. The second-order valence-corrected chi connectivity index (χ2v) is 6.17. The van der Waals surface area contributed by atoms with Crippen molar-refractivity contribution < 1.29 is 33.7 Å². The molecular weight excluding hydrogens is 383 g/mol. The summed E-state index contributed by atoms with van der Waals surface area (Å²) >= 11 is 0. The number of ether oxygens (including phenoxy) is 1. The van der Waals surface area contributed by atoms with Crippen LogP contribution in [0.3, 0.4) is 0 Å². The summed E-state index contributed by atoms with van der Waals surface area (Å²) in [6.45, 7) is -0.803. The molecule has 29 heavy (non-hydrogen) atoms. The van der Waals surface area contributed by atoms with Crippen molar-refractivity contribution in [2.24, 2.45) is 0 Å². The molecule has 2 rings (SSSR count). The number of hydrogen-bond donors (Lipinski definition) is 4. The van der Waals surface area contributed by atoms with E-state index in [1.165, 1.54) is 18.2 Å². The molecule has 0 spiro atoms. The molecule has 2 aromatic rings. The summed E-state index contributed by atoms with van der Waals surface area (Å²) in [7, 11) is 0. The number of amides is 2. The number of carboxylic acid groups (broad SMARTS) is 1. The summed E-state index contributed by atoms with van der Waals surface area (Å²) in [6.07, 6.45) is -1.12. The number of hydrogen-bond acceptors (Lipinski definition) is 5. The fourth-order valence-electron chi connectivity index (χ4n) is 2.47. The summed E-state index contributed by atoms with van der Waals surface area (Å²) in [4.78, 5) is 35.6. The van der Waals surface area contributed by atoms with E-state index in [-0.39, 0.29) is 13.0 Å². The van der Waals surface area contributed by atoms with E-state index < -0.39 is 42.5 Å². The third-order valence-corrected chi connectivity index (χ3v) is 3.95. The number of carbonyl (C=O) groups excluding carboxylic acids is 2. The number of halogens is 1. The molecule has 0 aliphatic heterocycles. The molecule has 2 atom stereocenters. The lowest BCUT2D eigenvalue weighted by Crippen LogP contribution is -2.53. The van der Waals surface area contributed by atoms with Crippen LogP contribution in [-0.2, 0) is 27.4 Å². The zero-order valence-electron chi connectivity index (χ0n) is 15.4. The Labute approximate surface area is 166 Å². The summed E-state index contributed by atoms with van der Waals surface area (Å²) in [5, 5.41) is 23.1. The second-order valence-electron chi connectivity index (χ2n) is 6.17. The fraction of sp³-hybridized carbons (Fsp3) is 0.250. The average molecular weight is 404 g/mol. The van der Waals surface area contributed by atoms with Crippen LogP contribution in [0, 0.1) is 5.82 Å². The van der Waals surface area contributed by atoms with Gasteiger partial charge in [-0.2, -0.15) is 0 Å². The van der Waals surface area contributed by atoms with Gasteiger partial charge in [0.15, 0.2) is 0 Å². The van der Waals surface area contributed by atoms with Gasteiger partial charge in [-0.15, -0.1) is 0 Å².